The molecule has 1 amide bonds. The van der Waals surface area contributed by atoms with E-state index in [1.165, 1.54) is 12.1 Å². The Balaban J connectivity index is 1.43. The fourth-order valence-electron chi connectivity index (χ4n) is 5.30. The predicted octanol–water partition coefficient (Wildman–Crippen LogP) is 4.35. The number of fused-ring (bicyclic) bond motifs is 3. The highest BCUT2D eigenvalue weighted by Crippen LogP contribution is 2.40. The Hall–Kier alpha value is -2.86. The van der Waals surface area contributed by atoms with Crippen molar-refractivity contribution in [1.29, 1.82) is 0 Å². The van der Waals surface area contributed by atoms with Gasteiger partial charge in [-0.3, -0.25) is 4.79 Å². The van der Waals surface area contributed by atoms with Crippen LogP contribution in [0.15, 0.2) is 36.5 Å². The first kappa shape index (κ1) is 25.8. The van der Waals surface area contributed by atoms with E-state index in [9.17, 15) is 26.4 Å². The van der Waals surface area contributed by atoms with Gasteiger partial charge in [-0.25, -0.2) is 17.9 Å². The van der Waals surface area contributed by atoms with Crippen molar-refractivity contribution in [3.05, 3.63) is 52.9 Å². The SMILES string of the molecule is CN(C(=O)[C@H]1CCCS(=O)(=O)C1)[C@@H](c1ccc(N2CCCc3c2cnc2cc(Cl)nn32)cc1)C(F)(F)F. The molecule has 0 aliphatic carbocycles. The molecule has 5 rings (SSSR count). The topological polar surface area (TPSA) is 87.9 Å². The number of aryl methyl sites for hydroxylation is 1. The van der Waals surface area contributed by atoms with Gasteiger partial charge in [0, 0.05) is 25.3 Å². The van der Waals surface area contributed by atoms with Crippen LogP contribution in [-0.2, 0) is 21.1 Å². The lowest BCUT2D eigenvalue weighted by atomic mass is 9.99. The van der Waals surface area contributed by atoms with Crippen molar-refractivity contribution < 1.29 is 26.4 Å². The van der Waals surface area contributed by atoms with Gasteiger partial charge in [-0.2, -0.15) is 18.3 Å². The number of hydrogen-bond donors (Lipinski definition) is 0. The molecule has 0 N–H and O–H groups in total. The lowest BCUT2D eigenvalue weighted by Gasteiger charge is -2.34. The predicted molar refractivity (Wildman–Crippen MR) is 133 cm³/mol. The van der Waals surface area contributed by atoms with Gasteiger partial charge in [0.2, 0.25) is 5.91 Å². The van der Waals surface area contributed by atoms with Crippen LogP contribution in [-0.4, -0.2) is 65.1 Å². The number of aromatic nitrogens is 3. The Labute approximate surface area is 216 Å². The number of halogens is 4. The van der Waals surface area contributed by atoms with Crippen molar-refractivity contribution in [3.8, 4) is 0 Å². The largest absolute Gasteiger partial charge is 0.413 e. The zero-order chi connectivity index (χ0) is 26.5. The maximum atomic E-state index is 14.2. The summed E-state index contributed by atoms with van der Waals surface area (Å²) < 4.78 is 68.2. The van der Waals surface area contributed by atoms with E-state index in [0.29, 0.717) is 27.9 Å². The molecule has 1 fully saturated rings. The molecule has 3 aromatic rings. The quantitative estimate of drug-likeness (QED) is 0.475. The number of alkyl halides is 3. The average Bonchev–Trinajstić information content (AvgIpc) is 3.23. The third kappa shape index (κ3) is 5.00. The molecule has 13 heteroatoms. The smallest absolute Gasteiger partial charge is 0.339 e. The second-order valence-electron chi connectivity index (χ2n) is 9.52. The average molecular weight is 556 g/mol. The maximum absolute atomic E-state index is 14.2. The summed E-state index contributed by atoms with van der Waals surface area (Å²) in [6.45, 7) is 0.645. The van der Waals surface area contributed by atoms with E-state index in [1.807, 2.05) is 4.90 Å². The normalized spacial score (nSPS) is 20.5. The summed E-state index contributed by atoms with van der Waals surface area (Å²) in [4.78, 5) is 19.9. The van der Waals surface area contributed by atoms with Crippen molar-refractivity contribution >= 4 is 44.4 Å². The summed E-state index contributed by atoms with van der Waals surface area (Å²) in [5.74, 6) is -2.25. The molecule has 0 bridgehead atoms. The molecule has 0 unspecified atom stereocenters. The molecule has 2 aromatic heterocycles. The number of anilines is 2. The molecule has 4 heterocycles. The van der Waals surface area contributed by atoms with Crippen molar-refractivity contribution in [1.82, 2.24) is 19.5 Å². The molecule has 0 radical (unpaired) electrons. The number of nitrogens with zero attached hydrogens (tertiary/aromatic N) is 5. The highest BCUT2D eigenvalue weighted by atomic mass is 35.5. The first-order chi connectivity index (χ1) is 17.4. The Morgan fingerprint density at radius 3 is 2.62 bits per heavy atom. The van der Waals surface area contributed by atoms with Gasteiger partial charge in [-0.05, 0) is 43.4 Å². The lowest BCUT2D eigenvalue weighted by molar-refractivity contribution is -0.190. The van der Waals surface area contributed by atoms with Gasteiger partial charge in [-0.1, -0.05) is 23.7 Å². The first-order valence-corrected chi connectivity index (χ1v) is 14.1. The van der Waals surface area contributed by atoms with E-state index in [4.69, 9.17) is 11.6 Å². The van der Waals surface area contributed by atoms with E-state index < -0.39 is 39.6 Å². The number of benzene rings is 1. The zero-order valence-electron chi connectivity index (χ0n) is 19.9. The third-order valence-corrected chi connectivity index (χ3v) is 9.00. The fourth-order valence-corrected chi connectivity index (χ4v) is 7.17. The standard InChI is InChI=1S/C24H25ClF3N5O3S/c1-31(23(34)16-4-3-11-37(35,36)14-16)22(24(26,27)28)15-6-8-17(9-7-15)32-10-2-5-18-19(32)13-29-21-12-20(25)30-33(18)21/h6-9,12-13,16,22H,2-5,10-11,14H2,1H3/t16-,22-/m0/s1. The van der Waals surface area contributed by atoms with E-state index in [1.54, 1.807) is 28.9 Å². The van der Waals surface area contributed by atoms with E-state index >= 15 is 0 Å². The summed E-state index contributed by atoms with van der Waals surface area (Å²) in [5.41, 5.74) is 2.90. The van der Waals surface area contributed by atoms with Crippen molar-refractivity contribution in [2.75, 3.05) is 30.0 Å². The van der Waals surface area contributed by atoms with Crippen LogP contribution in [0.5, 0.6) is 0 Å². The number of carbonyl (C=O) groups is 1. The van der Waals surface area contributed by atoms with Gasteiger partial charge in [0.05, 0.1) is 35.0 Å². The molecule has 0 saturated carbocycles. The van der Waals surface area contributed by atoms with Crippen LogP contribution in [0.25, 0.3) is 5.65 Å². The number of carbonyl (C=O) groups excluding carboxylic acids is 1. The van der Waals surface area contributed by atoms with E-state index in [2.05, 4.69) is 10.1 Å². The van der Waals surface area contributed by atoms with E-state index in [-0.39, 0.29) is 24.2 Å². The molecule has 2 atom stereocenters. The summed E-state index contributed by atoms with van der Waals surface area (Å²) in [6, 6.07) is 5.37. The van der Waals surface area contributed by atoms with Crippen LogP contribution in [0.2, 0.25) is 5.15 Å². The van der Waals surface area contributed by atoms with Crippen molar-refractivity contribution in [2.24, 2.45) is 5.92 Å². The molecular formula is C24H25ClF3N5O3S. The third-order valence-electron chi connectivity index (χ3n) is 7.00. The minimum absolute atomic E-state index is 0.0429. The number of rotatable bonds is 4. The van der Waals surface area contributed by atoms with Gasteiger partial charge in [0.25, 0.3) is 0 Å². The fraction of sp³-hybridized carbons (Fsp3) is 0.458. The molecule has 8 nitrogen and oxygen atoms in total. The highest BCUT2D eigenvalue weighted by molar-refractivity contribution is 7.91. The van der Waals surface area contributed by atoms with E-state index in [0.717, 1.165) is 31.3 Å². The summed E-state index contributed by atoms with van der Waals surface area (Å²) in [6.07, 6.45) is -0.964. The number of amides is 1. The first-order valence-electron chi connectivity index (χ1n) is 11.9. The Bertz CT molecular complexity index is 1440. The van der Waals surface area contributed by atoms with Crippen LogP contribution in [0.3, 0.4) is 0 Å². The van der Waals surface area contributed by atoms with Crippen LogP contribution >= 0.6 is 11.6 Å². The van der Waals surface area contributed by atoms with Crippen LogP contribution < -0.4 is 4.90 Å². The van der Waals surface area contributed by atoms with Crippen molar-refractivity contribution in [3.63, 3.8) is 0 Å². The molecule has 37 heavy (non-hydrogen) atoms. The van der Waals surface area contributed by atoms with Crippen LogP contribution in [0, 0.1) is 5.92 Å². The summed E-state index contributed by atoms with van der Waals surface area (Å²) >= 11 is 6.04. The molecule has 0 spiro atoms. The highest BCUT2D eigenvalue weighted by Gasteiger charge is 2.47. The molecule has 1 saturated heterocycles. The Kier molecular flexibility index (Phi) is 6.59. The van der Waals surface area contributed by atoms with Crippen molar-refractivity contribution in [2.45, 2.75) is 37.9 Å². The number of hydrogen-bond acceptors (Lipinski definition) is 6. The zero-order valence-corrected chi connectivity index (χ0v) is 21.5. The minimum atomic E-state index is -4.74. The lowest BCUT2D eigenvalue weighted by Crippen LogP contribution is -2.45. The van der Waals surface area contributed by atoms with Crippen LogP contribution in [0.4, 0.5) is 24.5 Å². The molecule has 2 aliphatic heterocycles. The van der Waals surface area contributed by atoms with Crippen LogP contribution in [0.1, 0.15) is 36.6 Å². The van der Waals surface area contributed by atoms with Gasteiger partial charge in [-0.15, -0.1) is 0 Å². The summed E-state index contributed by atoms with van der Waals surface area (Å²) in [5, 5.41) is 4.62. The minimum Gasteiger partial charge on any atom is -0.339 e. The molecule has 198 valence electrons. The van der Waals surface area contributed by atoms with Gasteiger partial charge < -0.3 is 9.80 Å². The van der Waals surface area contributed by atoms with Gasteiger partial charge >= 0.3 is 6.18 Å². The summed E-state index contributed by atoms with van der Waals surface area (Å²) in [7, 11) is -2.36. The monoisotopic (exact) mass is 555 g/mol. The molecule has 2 aliphatic rings. The number of sulfone groups is 1. The second-order valence-corrected chi connectivity index (χ2v) is 12.1. The maximum Gasteiger partial charge on any atom is 0.413 e. The van der Waals surface area contributed by atoms with Gasteiger partial charge in [0.15, 0.2) is 26.7 Å². The molecular weight excluding hydrogens is 531 g/mol. The molecule has 1 aromatic carbocycles. The Morgan fingerprint density at radius 2 is 1.95 bits per heavy atom. The second kappa shape index (κ2) is 9.46. The Morgan fingerprint density at radius 1 is 1.22 bits per heavy atom. The van der Waals surface area contributed by atoms with Gasteiger partial charge in [0.1, 0.15) is 0 Å².